The van der Waals surface area contributed by atoms with E-state index in [9.17, 15) is 4.79 Å². The second-order valence-corrected chi connectivity index (χ2v) is 8.73. The predicted octanol–water partition coefficient (Wildman–Crippen LogP) is 5.36. The lowest BCUT2D eigenvalue weighted by Gasteiger charge is -2.46. The molecule has 1 heterocycles. The quantitative estimate of drug-likeness (QED) is 0.313. The second kappa shape index (κ2) is 10.1. The summed E-state index contributed by atoms with van der Waals surface area (Å²) in [7, 11) is 4.67. The maximum absolute atomic E-state index is 13.4. The molecule has 0 spiro atoms. The van der Waals surface area contributed by atoms with Crippen molar-refractivity contribution in [2.45, 2.75) is 24.0 Å². The molecule has 1 amide bonds. The van der Waals surface area contributed by atoms with E-state index < -0.39 is 6.10 Å². The molecule has 0 aromatic heterocycles. The van der Waals surface area contributed by atoms with E-state index in [4.69, 9.17) is 18.9 Å². The number of amides is 1. The van der Waals surface area contributed by atoms with Crippen molar-refractivity contribution in [3.05, 3.63) is 72.3 Å². The van der Waals surface area contributed by atoms with Crippen LogP contribution in [-0.4, -0.2) is 39.1 Å². The molecule has 2 unspecified atom stereocenters. The molecular formula is C26H27NO5S. The Morgan fingerprint density at radius 2 is 1.52 bits per heavy atom. The molecule has 2 atom stereocenters. The number of β-lactam (4-membered cyclic amide) rings is 1. The number of anilines is 1. The first-order valence-electron chi connectivity index (χ1n) is 10.7. The lowest BCUT2D eigenvalue weighted by molar-refractivity contribution is -0.135. The fraction of sp³-hybridized carbons (Fsp3) is 0.269. The van der Waals surface area contributed by atoms with E-state index in [1.54, 1.807) is 50.1 Å². The minimum atomic E-state index is -0.642. The van der Waals surface area contributed by atoms with Crippen LogP contribution in [0.15, 0.2) is 71.6 Å². The Morgan fingerprint density at radius 3 is 2.06 bits per heavy atom. The van der Waals surface area contributed by atoms with Crippen LogP contribution in [0.5, 0.6) is 23.0 Å². The number of hydrogen-bond acceptors (Lipinski definition) is 6. The van der Waals surface area contributed by atoms with Crippen LogP contribution in [0, 0.1) is 0 Å². The first kappa shape index (κ1) is 22.9. The number of nitrogens with zero attached hydrogens (tertiary/aromatic N) is 1. The Labute approximate surface area is 198 Å². The number of thioether (sulfide) groups is 1. The molecule has 1 aliphatic heterocycles. The number of hydrogen-bond donors (Lipinski definition) is 0. The van der Waals surface area contributed by atoms with Crippen molar-refractivity contribution in [3.63, 3.8) is 0 Å². The van der Waals surface area contributed by atoms with Crippen molar-refractivity contribution in [3.8, 4) is 23.0 Å². The molecule has 0 aliphatic carbocycles. The van der Waals surface area contributed by atoms with E-state index in [1.165, 1.54) is 4.90 Å². The first-order chi connectivity index (χ1) is 16.1. The standard InChI is InChI=1S/C26H27NO5S/c1-5-33-20-13-11-17(12-14-20)23-25(32-19-9-7-6-8-10-19)26(28)27(23)18-15-21(29-2)24(31-4)22(16-18)30-3/h6-16,23,25H,5H2,1-4H3. The van der Waals surface area contributed by atoms with Crippen molar-refractivity contribution in [2.24, 2.45) is 0 Å². The number of ether oxygens (including phenoxy) is 4. The Morgan fingerprint density at radius 1 is 0.879 bits per heavy atom. The van der Waals surface area contributed by atoms with Crippen LogP contribution in [0.3, 0.4) is 0 Å². The molecular weight excluding hydrogens is 438 g/mol. The molecule has 0 radical (unpaired) electrons. The number of benzene rings is 3. The summed E-state index contributed by atoms with van der Waals surface area (Å²) in [6.07, 6.45) is -0.642. The highest BCUT2D eigenvalue weighted by Gasteiger charge is 2.51. The monoisotopic (exact) mass is 465 g/mol. The molecule has 0 saturated carbocycles. The van der Waals surface area contributed by atoms with Gasteiger partial charge in [-0.25, -0.2) is 0 Å². The number of rotatable bonds is 9. The highest BCUT2D eigenvalue weighted by molar-refractivity contribution is 7.99. The molecule has 7 heteroatoms. The summed E-state index contributed by atoms with van der Waals surface area (Å²) in [5.74, 6) is 2.97. The Kier molecular flexibility index (Phi) is 6.99. The average Bonchev–Trinajstić information content (AvgIpc) is 2.86. The number of para-hydroxylation sites is 1. The number of carbonyl (C=O) groups is 1. The van der Waals surface area contributed by atoms with Gasteiger partial charge in [-0.05, 0) is 35.6 Å². The van der Waals surface area contributed by atoms with Gasteiger partial charge in [-0.1, -0.05) is 37.3 Å². The largest absolute Gasteiger partial charge is 0.493 e. The summed E-state index contributed by atoms with van der Waals surface area (Å²) in [6.45, 7) is 2.12. The van der Waals surface area contributed by atoms with Gasteiger partial charge < -0.3 is 18.9 Å². The van der Waals surface area contributed by atoms with Gasteiger partial charge in [0.25, 0.3) is 5.91 Å². The van der Waals surface area contributed by atoms with Gasteiger partial charge in [0.15, 0.2) is 11.5 Å². The summed E-state index contributed by atoms with van der Waals surface area (Å²) in [4.78, 5) is 16.3. The maximum Gasteiger partial charge on any atom is 0.271 e. The summed E-state index contributed by atoms with van der Waals surface area (Å²) >= 11 is 1.78. The zero-order chi connectivity index (χ0) is 23.4. The molecule has 1 saturated heterocycles. The third-order valence-corrected chi connectivity index (χ3v) is 6.41. The number of carbonyl (C=O) groups excluding carboxylic acids is 1. The van der Waals surface area contributed by atoms with E-state index in [2.05, 4.69) is 31.2 Å². The second-order valence-electron chi connectivity index (χ2n) is 7.39. The highest BCUT2D eigenvalue weighted by Crippen LogP contribution is 2.47. The molecule has 0 N–H and O–H groups in total. The van der Waals surface area contributed by atoms with Gasteiger partial charge in [-0.2, -0.15) is 0 Å². The molecule has 3 aromatic carbocycles. The van der Waals surface area contributed by atoms with Crippen LogP contribution in [0.25, 0.3) is 0 Å². The fourth-order valence-electron chi connectivity index (χ4n) is 3.97. The van der Waals surface area contributed by atoms with Crippen molar-refractivity contribution in [1.82, 2.24) is 0 Å². The van der Waals surface area contributed by atoms with Crippen molar-refractivity contribution in [2.75, 3.05) is 32.0 Å². The fourth-order valence-corrected chi connectivity index (χ4v) is 4.63. The van der Waals surface area contributed by atoms with E-state index in [0.717, 1.165) is 11.3 Å². The van der Waals surface area contributed by atoms with E-state index in [-0.39, 0.29) is 11.9 Å². The molecule has 33 heavy (non-hydrogen) atoms. The minimum Gasteiger partial charge on any atom is -0.493 e. The molecule has 3 aromatic rings. The highest BCUT2D eigenvalue weighted by atomic mass is 32.2. The van der Waals surface area contributed by atoms with E-state index in [1.807, 2.05) is 30.3 Å². The van der Waals surface area contributed by atoms with Crippen molar-refractivity contribution >= 4 is 23.4 Å². The Hall–Kier alpha value is -3.32. The minimum absolute atomic E-state index is 0.134. The van der Waals surface area contributed by atoms with Crippen LogP contribution in [-0.2, 0) is 4.79 Å². The lowest BCUT2D eigenvalue weighted by Crippen LogP contribution is -2.61. The van der Waals surface area contributed by atoms with Gasteiger partial charge in [0, 0.05) is 17.0 Å². The van der Waals surface area contributed by atoms with Gasteiger partial charge in [0.1, 0.15) is 11.8 Å². The molecule has 6 nitrogen and oxygen atoms in total. The van der Waals surface area contributed by atoms with E-state index in [0.29, 0.717) is 28.7 Å². The van der Waals surface area contributed by atoms with Crippen LogP contribution in [0.2, 0.25) is 0 Å². The average molecular weight is 466 g/mol. The van der Waals surface area contributed by atoms with Gasteiger partial charge >= 0.3 is 0 Å². The third-order valence-electron chi connectivity index (χ3n) is 5.51. The van der Waals surface area contributed by atoms with Crippen LogP contribution in [0.1, 0.15) is 18.5 Å². The molecule has 172 valence electrons. The van der Waals surface area contributed by atoms with Crippen molar-refractivity contribution in [1.29, 1.82) is 0 Å². The third kappa shape index (κ3) is 4.46. The van der Waals surface area contributed by atoms with Gasteiger partial charge in [-0.15, -0.1) is 11.8 Å². The smallest absolute Gasteiger partial charge is 0.271 e. The summed E-state index contributed by atoms with van der Waals surface area (Å²) in [5, 5.41) is 0. The summed E-state index contributed by atoms with van der Waals surface area (Å²) in [5.41, 5.74) is 1.64. The SMILES string of the molecule is CCSc1ccc(C2C(Oc3ccccc3)C(=O)N2c2cc(OC)c(OC)c(OC)c2)cc1. The normalized spacial score (nSPS) is 17.3. The van der Waals surface area contributed by atoms with Crippen LogP contribution < -0.4 is 23.8 Å². The van der Waals surface area contributed by atoms with Crippen LogP contribution in [0.4, 0.5) is 5.69 Å². The Balaban J connectivity index is 1.74. The lowest BCUT2D eigenvalue weighted by atomic mass is 9.89. The molecule has 1 fully saturated rings. The Bertz CT molecular complexity index is 1080. The predicted molar refractivity (Wildman–Crippen MR) is 130 cm³/mol. The van der Waals surface area contributed by atoms with Crippen LogP contribution >= 0.6 is 11.8 Å². The van der Waals surface area contributed by atoms with Crippen molar-refractivity contribution < 1.29 is 23.7 Å². The number of methoxy groups -OCH3 is 3. The zero-order valence-corrected chi connectivity index (χ0v) is 19.9. The van der Waals surface area contributed by atoms with Gasteiger partial charge in [-0.3, -0.25) is 9.69 Å². The summed E-state index contributed by atoms with van der Waals surface area (Å²) < 4.78 is 22.6. The van der Waals surface area contributed by atoms with Gasteiger partial charge in [0.2, 0.25) is 11.9 Å². The molecule has 0 bridgehead atoms. The summed E-state index contributed by atoms with van der Waals surface area (Å²) in [6, 6.07) is 20.9. The van der Waals surface area contributed by atoms with E-state index >= 15 is 0 Å². The zero-order valence-electron chi connectivity index (χ0n) is 19.1. The van der Waals surface area contributed by atoms with Gasteiger partial charge in [0.05, 0.1) is 27.0 Å². The topological polar surface area (TPSA) is 57.2 Å². The molecule has 4 rings (SSSR count). The maximum atomic E-state index is 13.4. The molecule has 1 aliphatic rings. The first-order valence-corrected chi connectivity index (χ1v) is 11.7.